The van der Waals surface area contributed by atoms with Crippen LogP contribution in [0, 0.1) is 6.92 Å². The Bertz CT molecular complexity index is 298. The summed E-state index contributed by atoms with van der Waals surface area (Å²) in [5.41, 5.74) is 2.00. The van der Waals surface area contributed by atoms with Crippen LogP contribution >= 0.6 is 23.2 Å². The van der Waals surface area contributed by atoms with Crippen LogP contribution in [0.25, 0.3) is 0 Å². The van der Waals surface area contributed by atoms with E-state index < -0.39 is 0 Å². The molecule has 64 valence electrons. The van der Waals surface area contributed by atoms with Crippen molar-refractivity contribution in [1.29, 1.82) is 0 Å². The molecule has 0 aromatic carbocycles. The zero-order chi connectivity index (χ0) is 8.72. The van der Waals surface area contributed by atoms with Crippen LogP contribution in [0.3, 0.4) is 0 Å². The molecule has 0 spiro atoms. The van der Waals surface area contributed by atoms with Crippen molar-refractivity contribution in [3.63, 3.8) is 0 Å². The average Bonchev–Trinajstić information content (AvgIpc) is 2.68. The Balaban J connectivity index is 2.51. The van der Waals surface area contributed by atoms with E-state index in [1.165, 1.54) is 12.8 Å². The molecular formula is C8H8Cl2N2. The van der Waals surface area contributed by atoms with E-state index in [4.69, 9.17) is 23.2 Å². The van der Waals surface area contributed by atoms with Gasteiger partial charge in [-0.05, 0) is 37.3 Å². The van der Waals surface area contributed by atoms with E-state index >= 15 is 0 Å². The molecule has 0 aliphatic heterocycles. The molecule has 1 heterocycles. The summed E-state index contributed by atoms with van der Waals surface area (Å²) in [7, 11) is 0. The molecule has 1 aromatic rings. The second kappa shape index (κ2) is 2.86. The van der Waals surface area contributed by atoms with Gasteiger partial charge in [-0.2, -0.15) is 0 Å². The van der Waals surface area contributed by atoms with Gasteiger partial charge in [0, 0.05) is 11.3 Å². The zero-order valence-corrected chi connectivity index (χ0v) is 8.15. The van der Waals surface area contributed by atoms with E-state index in [1.807, 2.05) is 6.92 Å². The summed E-state index contributed by atoms with van der Waals surface area (Å²) >= 11 is 11.6. The molecule has 12 heavy (non-hydrogen) atoms. The number of hydrogen-bond donors (Lipinski definition) is 0. The van der Waals surface area contributed by atoms with E-state index in [0.717, 1.165) is 11.3 Å². The van der Waals surface area contributed by atoms with Gasteiger partial charge < -0.3 is 0 Å². The van der Waals surface area contributed by atoms with Crippen LogP contribution in [0.2, 0.25) is 10.4 Å². The van der Waals surface area contributed by atoms with E-state index in [0.29, 0.717) is 11.1 Å². The van der Waals surface area contributed by atoms with Crippen molar-refractivity contribution in [2.75, 3.05) is 0 Å². The number of hydrogen-bond acceptors (Lipinski definition) is 2. The van der Waals surface area contributed by atoms with Crippen LogP contribution in [0.4, 0.5) is 0 Å². The Morgan fingerprint density at radius 2 is 1.92 bits per heavy atom. The van der Waals surface area contributed by atoms with Crippen molar-refractivity contribution < 1.29 is 0 Å². The van der Waals surface area contributed by atoms with Gasteiger partial charge in [-0.3, -0.25) is 0 Å². The summed E-state index contributed by atoms with van der Waals surface area (Å²) in [5, 5.41) is 0.761. The molecule has 0 saturated heterocycles. The van der Waals surface area contributed by atoms with Gasteiger partial charge in [0.15, 0.2) is 0 Å². The fourth-order valence-electron chi connectivity index (χ4n) is 1.35. The lowest BCUT2D eigenvalue weighted by molar-refractivity contribution is 0.987. The number of halogens is 2. The largest absolute Gasteiger partial charge is 0.224 e. The fraction of sp³-hybridized carbons (Fsp3) is 0.500. The van der Waals surface area contributed by atoms with Crippen molar-refractivity contribution in [1.82, 2.24) is 9.97 Å². The third-order valence-corrected chi connectivity index (χ3v) is 2.51. The highest BCUT2D eigenvalue weighted by Gasteiger charge is 2.28. The number of aryl methyl sites for hydroxylation is 1. The normalized spacial score (nSPS) is 16.6. The quantitative estimate of drug-likeness (QED) is 0.517. The summed E-state index contributed by atoms with van der Waals surface area (Å²) in [6.07, 6.45) is 2.40. The van der Waals surface area contributed by atoms with E-state index in [2.05, 4.69) is 9.97 Å². The Kier molecular flexibility index (Phi) is 1.97. The minimum Gasteiger partial charge on any atom is -0.223 e. The smallest absolute Gasteiger partial charge is 0.223 e. The predicted molar refractivity (Wildman–Crippen MR) is 48.8 cm³/mol. The van der Waals surface area contributed by atoms with Crippen molar-refractivity contribution in [3.8, 4) is 0 Å². The van der Waals surface area contributed by atoms with Gasteiger partial charge in [-0.15, -0.1) is 0 Å². The summed E-state index contributed by atoms with van der Waals surface area (Å²) in [6.45, 7) is 1.92. The summed E-state index contributed by atoms with van der Waals surface area (Å²) < 4.78 is 0. The SMILES string of the molecule is Cc1nc(Cl)nc(Cl)c1C1CC1. The second-order valence-electron chi connectivity index (χ2n) is 3.06. The Labute approximate surface area is 80.9 Å². The highest BCUT2D eigenvalue weighted by Crippen LogP contribution is 2.43. The highest BCUT2D eigenvalue weighted by molar-refractivity contribution is 6.32. The summed E-state index contributed by atoms with van der Waals surface area (Å²) in [4.78, 5) is 7.98. The van der Waals surface area contributed by atoms with Crippen LogP contribution in [-0.4, -0.2) is 9.97 Å². The lowest BCUT2D eigenvalue weighted by atomic mass is 10.1. The van der Waals surface area contributed by atoms with Gasteiger partial charge in [-0.25, -0.2) is 9.97 Å². The molecule has 2 nitrogen and oxygen atoms in total. The molecular weight excluding hydrogens is 195 g/mol. The molecule has 0 unspecified atom stereocenters. The summed E-state index contributed by atoms with van der Waals surface area (Å²) in [6, 6.07) is 0. The molecule has 0 bridgehead atoms. The molecule has 1 fully saturated rings. The molecule has 0 amide bonds. The first-order chi connectivity index (χ1) is 5.68. The molecule has 1 saturated carbocycles. The first-order valence-corrected chi connectivity index (χ1v) is 4.63. The molecule has 1 aliphatic carbocycles. The van der Waals surface area contributed by atoms with Gasteiger partial charge in [0.1, 0.15) is 5.15 Å². The zero-order valence-electron chi connectivity index (χ0n) is 6.64. The van der Waals surface area contributed by atoms with E-state index in [9.17, 15) is 0 Å². The first kappa shape index (κ1) is 8.27. The van der Waals surface area contributed by atoms with Crippen LogP contribution in [0.1, 0.15) is 30.0 Å². The van der Waals surface area contributed by atoms with Crippen LogP contribution in [0.5, 0.6) is 0 Å². The maximum atomic E-state index is 5.93. The minimum absolute atomic E-state index is 0.238. The number of aromatic nitrogens is 2. The first-order valence-electron chi connectivity index (χ1n) is 3.88. The third-order valence-electron chi connectivity index (χ3n) is 2.05. The van der Waals surface area contributed by atoms with Gasteiger partial charge in [0.05, 0.1) is 0 Å². The minimum atomic E-state index is 0.238. The van der Waals surface area contributed by atoms with E-state index in [1.54, 1.807) is 0 Å². The average molecular weight is 203 g/mol. The fourth-order valence-corrected chi connectivity index (χ4v) is 1.98. The van der Waals surface area contributed by atoms with Gasteiger partial charge >= 0.3 is 0 Å². The van der Waals surface area contributed by atoms with Crippen molar-refractivity contribution in [2.24, 2.45) is 0 Å². The Hall–Kier alpha value is -0.340. The lowest BCUT2D eigenvalue weighted by Gasteiger charge is -2.04. The molecule has 1 aromatic heterocycles. The third kappa shape index (κ3) is 1.41. The molecule has 0 N–H and O–H groups in total. The summed E-state index contributed by atoms with van der Waals surface area (Å²) in [5.74, 6) is 0.578. The van der Waals surface area contributed by atoms with Gasteiger partial charge in [0.2, 0.25) is 5.28 Å². The highest BCUT2D eigenvalue weighted by atomic mass is 35.5. The topological polar surface area (TPSA) is 25.8 Å². The van der Waals surface area contributed by atoms with Crippen molar-refractivity contribution >= 4 is 23.2 Å². The van der Waals surface area contributed by atoms with Crippen LogP contribution < -0.4 is 0 Å². The van der Waals surface area contributed by atoms with Gasteiger partial charge in [0.25, 0.3) is 0 Å². The number of nitrogens with zero attached hydrogens (tertiary/aromatic N) is 2. The molecule has 2 rings (SSSR count). The maximum absolute atomic E-state index is 5.93. The monoisotopic (exact) mass is 202 g/mol. The van der Waals surface area contributed by atoms with Crippen molar-refractivity contribution in [3.05, 3.63) is 21.7 Å². The molecule has 0 radical (unpaired) electrons. The molecule has 4 heteroatoms. The van der Waals surface area contributed by atoms with E-state index in [-0.39, 0.29) is 5.28 Å². The Morgan fingerprint density at radius 1 is 1.25 bits per heavy atom. The number of rotatable bonds is 1. The lowest BCUT2D eigenvalue weighted by Crippen LogP contribution is -1.95. The Morgan fingerprint density at radius 3 is 2.42 bits per heavy atom. The van der Waals surface area contributed by atoms with Crippen LogP contribution in [-0.2, 0) is 0 Å². The molecule has 0 atom stereocenters. The second-order valence-corrected chi connectivity index (χ2v) is 3.75. The molecule has 1 aliphatic rings. The maximum Gasteiger partial charge on any atom is 0.224 e. The van der Waals surface area contributed by atoms with Crippen molar-refractivity contribution in [2.45, 2.75) is 25.7 Å². The van der Waals surface area contributed by atoms with Gasteiger partial charge in [-0.1, -0.05) is 11.6 Å². The standard InChI is InChI=1S/C8H8Cl2N2/c1-4-6(5-2-3-5)7(9)12-8(10)11-4/h5H,2-3H2,1H3. The predicted octanol–water partition coefficient (Wildman–Crippen LogP) is 2.97. The van der Waals surface area contributed by atoms with Crippen LogP contribution in [0.15, 0.2) is 0 Å².